The van der Waals surface area contributed by atoms with Gasteiger partial charge in [0.15, 0.2) is 5.60 Å². The first-order chi connectivity index (χ1) is 9.25. The smallest absolute Gasteiger partial charge is 0.363 e. The van der Waals surface area contributed by atoms with Crippen molar-refractivity contribution < 1.29 is 17.9 Å². The third-order valence-corrected chi connectivity index (χ3v) is 5.39. The van der Waals surface area contributed by atoms with E-state index < -0.39 is 11.8 Å². The van der Waals surface area contributed by atoms with E-state index in [0.717, 1.165) is 32.1 Å². The van der Waals surface area contributed by atoms with Crippen molar-refractivity contribution in [3.05, 3.63) is 0 Å². The number of rotatable bonds is 4. The molecule has 20 heavy (non-hydrogen) atoms. The second-order valence-corrected chi connectivity index (χ2v) is 6.73. The predicted molar refractivity (Wildman–Crippen MR) is 72.6 cm³/mol. The van der Waals surface area contributed by atoms with Crippen LogP contribution in [0.2, 0.25) is 0 Å². The van der Waals surface area contributed by atoms with Gasteiger partial charge in [-0.05, 0) is 38.0 Å². The van der Waals surface area contributed by atoms with Crippen LogP contribution in [0.5, 0.6) is 0 Å². The summed E-state index contributed by atoms with van der Waals surface area (Å²) in [5.74, 6) is 0. The van der Waals surface area contributed by atoms with E-state index in [4.69, 9.17) is 4.74 Å². The van der Waals surface area contributed by atoms with E-state index in [1.165, 1.54) is 0 Å². The summed E-state index contributed by atoms with van der Waals surface area (Å²) < 4.78 is 44.4. The van der Waals surface area contributed by atoms with Crippen molar-refractivity contribution in [1.29, 1.82) is 0 Å². The Morgan fingerprint density at radius 2 is 1.70 bits per heavy atom. The lowest BCUT2D eigenvalue weighted by atomic mass is 9.71. The SMILES string of the molecule is CCOC1(C(F)(F)F)CN([C@H]2CC[C@](C)(CC)CC2)C1. The molecule has 2 fully saturated rings. The fourth-order valence-corrected chi connectivity index (χ4v) is 3.51. The van der Waals surface area contributed by atoms with Gasteiger partial charge in [-0.1, -0.05) is 20.3 Å². The van der Waals surface area contributed by atoms with Gasteiger partial charge in [0.2, 0.25) is 0 Å². The highest BCUT2D eigenvalue weighted by molar-refractivity contribution is 5.05. The van der Waals surface area contributed by atoms with Gasteiger partial charge in [-0.15, -0.1) is 0 Å². The van der Waals surface area contributed by atoms with Crippen molar-refractivity contribution in [3.63, 3.8) is 0 Å². The average Bonchev–Trinajstić information content (AvgIpc) is 2.33. The molecule has 1 heterocycles. The molecule has 0 aromatic carbocycles. The Morgan fingerprint density at radius 3 is 2.10 bits per heavy atom. The van der Waals surface area contributed by atoms with E-state index in [2.05, 4.69) is 13.8 Å². The molecule has 0 N–H and O–H groups in total. The molecule has 1 aliphatic carbocycles. The van der Waals surface area contributed by atoms with Crippen LogP contribution in [0.1, 0.15) is 52.9 Å². The number of halogens is 3. The molecule has 0 bridgehead atoms. The maximum Gasteiger partial charge on any atom is 0.419 e. The molecule has 1 saturated heterocycles. The molecule has 2 aliphatic rings. The summed E-state index contributed by atoms with van der Waals surface area (Å²) in [4.78, 5) is 1.97. The van der Waals surface area contributed by atoms with E-state index >= 15 is 0 Å². The second kappa shape index (κ2) is 5.48. The Kier molecular flexibility index (Phi) is 4.41. The summed E-state index contributed by atoms with van der Waals surface area (Å²) in [5.41, 5.74) is -1.52. The average molecular weight is 293 g/mol. The van der Waals surface area contributed by atoms with E-state index in [1.807, 2.05) is 4.90 Å². The van der Waals surface area contributed by atoms with Crippen molar-refractivity contribution >= 4 is 0 Å². The molecule has 0 spiro atoms. The second-order valence-electron chi connectivity index (χ2n) is 6.73. The Hall–Kier alpha value is -0.290. The first kappa shape index (κ1) is 16.1. The van der Waals surface area contributed by atoms with Crippen molar-refractivity contribution in [1.82, 2.24) is 4.90 Å². The van der Waals surface area contributed by atoms with E-state index in [0.29, 0.717) is 11.5 Å². The number of hydrogen-bond donors (Lipinski definition) is 0. The fourth-order valence-electron chi connectivity index (χ4n) is 3.51. The molecular formula is C15H26F3NO. The third kappa shape index (κ3) is 2.84. The van der Waals surface area contributed by atoms with Gasteiger partial charge in [0.25, 0.3) is 0 Å². The highest BCUT2D eigenvalue weighted by Crippen LogP contribution is 2.46. The molecule has 2 rings (SSSR count). The van der Waals surface area contributed by atoms with Crippen LogP contribution in [0.25, 0.3) is 0 Å². The third-order valence-electron chi connectivity index (χ3n) is 5.39. The van der Waals surface area contributed by atoms with Gasteiger partial charge in [-0.25, -0.2) is 0 Å². The predicted octanol–water partition coefficient (Wildman–Crippen LogP) is 4.00. The lowest BCUT2D eigenvalue weighted by molar-refractivity contribution is -0.322. The largest absolute Gasteiger partial charge is 0.419 e. The lowest BCUT2D eigenvalue weighted by Crippen LogP contribution is -2.72. The number of ether oxygens (including phenoxy) is 1. The van der Waals surface area contributed by atoms with Crippen molar-refractivity contribution in [2.45, 2.75) is 70.7 Å². The Morgan fingerprint density at radius 1 is 1.15 bits per heavy atom. The first-order valence-corrected chi connectivity index (χ1v) is 7.70. The normalized spacial score (nSPS) is 34.8. The monoisotopic (exact) mass is 293 g/mol. The van der Waals surface area contributed by atoms with Crippen LogP contribution in [0.4, 0.5) is 13.2 Å². The van der Waals surface area contributed by atoms with Gasteiger partial charge in [0.05, 0.1) is 0 Å². The van der Waals surface area contributed by atoms with E-state index in [9.17, 15) is 13.2 Å². The molecule has 5 heteroatoms. The van der Waals surface area contributed by atoms with Gasteiger partial charge in [-0.3, -0.25) is 4.90 Å². The van der Waals surface area contributed by atoms with E-state index in [1.54, 1.807) is 6.92 Å². The molecule has 0 amide bonds. The van der Waals surface area contributed by atoms with Crippen LogP contribution in [0.15, 0.2) is 0 Å². The maximum absolute atomic E-state index is 13.1. The lowest BCUT2D eigenvalue weighted by Gasteiger charge is -2.54. The highest BCUT2D eigenvalue weighted by atomic mass is 19.4. The maximum atomic E-state index is 13.1. The summed E-state index contributed by atoms with van der Waals surface area (Å²) in [5, 5.41) is 0. The fraction of sp³-hybridized carbons (Fsp3) is 1.00. The number of nitrogens with zero attached hydrogens (tertiary/aromatic N) is 1. The van der Waals surface area contributed by atoms with Crippen LogP contribution in [0.3, 0.4) is 0 Å². The number of hydrogen-bond acceptors (Lipinski definition) is 2. The van der Waals surface area contributed by atoms with Gasteiger partial charge >= 0.3 is 6.18 Å². The molecule has 0 unspecified atom stereocenters. The molecule has 0 radical (unpaired) electrons. The quantitative estimate of drug-likeness (QED) is 0.777. The van der Waals surface area contributed by atoms with Gasteiger partial charge < -0.3 is 4.74 Å². The zero-order valence-corrected chi connectivity index (χ0v) is 12.7. The Balaban J connectivity index is 1.90. The minimum atomic E-state index is -4.26. The topological polar surface area (TPSA) is 12.5 Å². The number of likely N-dealkylation sites (tertiary alicyclic amines) is 1. The highest BCUT2D eigenvalue weighted by Gasteiger charge is 2.63. The zero-order valence-electron chi connectivity index (χ0n) is 12.7. The Bertz CT molecular complexity index is 329. The summed E-state index contributed by atoms with van der Waals surface area (Å²) >= 11 is 0. The number of alkyl halides is 3. The van der Waals surface area contributed by atoms with Crippen molar-refractivity contribution in [2.75, 3.05) is 19.7 Å². The molecular weight excluding hydrogens is 267 g/mol. The van der Waals surface area contributed by atoms with Gasteiger partial charge in [0.1, 0.15) is 0 Å². The van der Waals surface area contributed by atoms with E-state index in [-0.39, 0.29) is 19.7 Å². The first-order valence-electron chi connectivity index (χ1n) is 7.70. The molecule has 1 aliphatic heterocycles. The Labute approximate surface area is 119 Å². The summed E-state index contributed by atoms with van der Waals surface area (Å²) in [6.07, 6.45) is 1.18. The van der Waals surface area contributed by atoms with Crippen LogP contribution < -0.4 is 0 Å². The van der Waals surface area contributed by atoms with Crippen LogP contribution >= 0.6 is 0 Å². The van der Waals surface area contributed by atoms with Crippen molar-refractivity contribution in [3.8, 4) is 0 Å². The minimum absolute atomic E-state index is 0.0118. The van der Waals surface area contributed by atoms with Gasteiger partial charge in [-0.2, -0.15) is 13.2 Å². The summed E-state index contributed by atoms with van der Waals surface area (Å²) in [6, 6.07) is 0.311. The van der Waals surface area contributed by atoms with Crippen molar-refractivity contribution in [2.24, 2.45) is 5.41 Å². The molecule has 0 aromatic rings. The van der Waals surface area contributed by atoms with Crippen LogP contribution in [-0.4, -0.2) is 42.4 Å². The molecule has 0 aromatic heterocycles. The molecule has 118 valence electrons. The standard InChI is InChI=1S/C15H26F3NO/c1-4-13(3)8-6-12(7-9-13)19-10-14(11-19,20-5-2)15(16,17)18/h12H,4-11H2,1-3H3/t12-,13-. The minimum Gasteiger partial charge on any atom is -0.363 e. The summed E-state index contributed by atoms with van der Waals surface area (Å²) in [7, 11) is 0. The molecule has 2 nitrogen and oxygen atoms in total. The zero-order chi connectivity index (χ0) is 15.0. The molecule has 0 atom stereocenters. The molecule has 1 saturated carbocycles. The van der Waals surface area contributed by atoms with Gasteiger partial charge in [0, 0.05) is 25.7 Å². The van der Waals surface area contributed by atoms with Crippen LogP contribution in [-0.2, 0) is 4.74 Å². The summed E-state index contributed by atoms with van der Waals surface area (Å²) in [6.45, 7) is 6.26. The van der Waals surface area contributed by atoms with Crippen LogP contribution in [0, 0.1) is 5.41 Å².